The molecule has 1 aliphatic rings. The maximum atomic E-state index is 13.0. The van der Waals surface area contributed by atoms with E-state index >= 15 is 0 Å². The van der Waals surface area contributed by atoms with Crippen molar-refractivity contribution in [1.29, 1.82) is 0 Å². The highest BCUT2D eigenvalue weighted by molar-refractivity contribution is 6.30. The van der Waals surface area contributed by atoms with Crippen LogP contribution in [0.2, 0.25) is 5.02 Å². The van der Waals surface area contributed by atoms with Crippen LogP contribution in [0, 0.1) is 5.82 Å². The molecular weight excluding hydrogens is 225 g/mol. The van der Waals surface area contributed by atoms with Crippen molar-refractivity contribution < 1.29 is 4.39 Å². The quantitative estimate of drug-likeness (QED) is 0.832. The maximum Gasteiger partial charge on any atom is 0.141 e. The molecule has 0 saturated heterocycles. The summed E-state index contributed by atoms with van der Waals surface area (Å²) in [6.45, 7) is 0. The molecule has 1 aliphatic carbocycles. The van der Waals surface area contributed by atoms with Crippen LogP contribution in [0.5, 0.6) is 0 Å². The Morgan fingerprint density at radius 1 is 1.25 bits per heavy atom. The summed E-state index contributed by atoms with van der Waals surface area (Å²) >= 11 is 5.80. The summed E-state index contributed by atoms with van der Waals surface area (Å²) in [5.74, 6) is 0.219. The van der Waals surface area contributed by atoms with Gasteiger partial charge < -0.3 is 5.32 Å². The van der Waals surface area contributed by atoms with Crippen molar-refractivity contribution in [1.82, 2.24) is 5.32 Å². The minimum atomic E-state index is -0.325. The Hall–Kier alpha value is -0.600. The summed E-state index contributed by atoms with van der Waals surface area (Å²) < 4.78 is 13.0. The van der Waals surface area contributed by atoms with Gasteiger partial charge in [0.25, 0.3) is 0 Å². The van der Waals surface area contributed by atoms with Gasteiger partial charge in [0.15, 0.2) is 0 Å². The van der Waals surface area contributed by atoms with E-state index in [2.05, 4.69) is 5.32 Å². The van der Waals surface area contributed by atoms with Crippen LogP contribution >= 0.6 is 11.6 Å². The largest absolute Gasteiger partial charge is 0.317 e. The van der Waals surface area contributed by atoms with Crippen molar-refractivity contribution in [2.45, 2.75) is 37.6 Å². The predicted octanol–water partition coefficient (Wildman–Crippen LogP) is 3.72. The predicted molar refractivity (Wildman–Crippen MR) is 65.5 cm³/mol. The van der Waals surface area contributed by atoms with Crippen molar-refractivity contribution >= 4 is 11.6 Å². The molecule has 0 amide bonds. The van der Waals surface area contributed by atoms with Gasteiger partial charge in [-0.3, -0.25) is 0 Å². The summed E-state index contributed by atoms with van der Waals surface area (Å²) in [5.41, 5.74) is 1.18. The highest BCUT2D eigenvalue weighted by Crippen LogP contribution is 2.34. The molecule has 2 rings (SSSR count). The Labute approximate surface area is 101 Å². The number of benzene rings is 1. The van der Waals surface area contributed by atoms with Gasteiger partial charge in [-0.1, -0.05) is 17.7 Å². The Morgan fingerprint density at radius 3 is 2.50 bits per heavy atom. The van der Waals surface area contributed by atoms with Gasteiger partial charge in [0, 0.05) is 6.04 Å². The van der Waals surface area contributed by atoms with Crippen LogP contribution in [0.4, 0.5) is 4.39 Å². The molecule has 1 N–H and O–H groups in total. The van der Waals surface area contributed by atoms with E-state index < -0.39 is 0 Å². The maximum absolute atomic E-state index is 13.0. The fourth-order valence-corrected chi connectivity index (χ4v) is 2.67. The molecule has 0 spiro atoms. The van der Waals surface area contributed by atoms with Crippen molar-refractivity contribution in [3.63, 3.8) is 0 Å². The monoisotopic (exact) mass is 241 g/mol. The highest BCUT2D eigenvalue weighted by Gasteiger charge is 2.21. The van der Waals surface area contributed by atoms with Crippen LogP contribution < -0.4 is 5.32 Å². The summed E-state index contributed by atoms with van der Waals surface area (Å²) in [7, 11) is 2.01. The fourth-order valence-electron chi connectivity index (χ4n) is 2.48. The van der Waals surface area contributed by atoms with Gasteiger partial charge in [-0.2, -0.15) is 0 Å². The number of halogens is 2. The van der Waals surface area contributed by atoms with Crippen molar-refractivity contribution in [3.05, 3.63) is 34.6 Å². The minimum absolute atomic E-state index is 0.244. The number of hydrogen-bond acceptors (Lipinski definition) is 1. The second kappa shape index (κ2) is 5.15. The number of hydrogen-bond donors (Lipinski definition) is 1. The van der Waals surface area contributed by atoms with Crippen molar-refractivity contribution in [2.75, 3.05) is 7.05 Å². The topological polar surface area (TPSA) is 12.0 Å². The second-order valence-electron chi connectivity index (χ2n) is 4.51. The zero-order chi connectivity index (χ0) is 11.5. The lowest BCUT2D eigenvalue weighted by Crippen LogP contribution is -2.29. The molecule has 3 heteroatoms. The lowest BCUT2D eigenvalue weighted by molar-refractivity contribution is 0.358. The van der Waals surface area contributed by atoms with E-state index in [1.807, 2.05) is 13.1 Å². The SMILES string of the molecule is CNC1CCC(c2ccc(F)c(Cl)c2)CC1. The summed E-state index contributed by atoms with van der Waals surface area (Å²) in [6.07, 6.45) is 4.70. The van der Waals surface area contributed by atoms with Gasteiger partial charge in [-0.05, 0) is 56.3 Å². The summed E-state index contributed by atoms with van der Waals surface area (Å²) in [4.78, 5) is 0. The molecule has 0 heterocycles. The lowest BCUT2D eigenvalue weighted by atomic mass is 9.82. The molecular formula is C13H17ClFN. The van der Waals surface area contributed by atoms with Gasteiger partial charge in [-0.25, -0.2) is 4.39 Å². The molecule has 16 heavy (non-hydrogen) atoms. The zero-order valence-corrected chi connectivity index (χ0v) is 10.2. The average molecular weight is 242 g/mol. The molecule has 0 atom stereocenters. The Morgan fingerprint density at radius 2 is 1.94 bits per heavy atom. The molecule has 0 radical (unpaired) electrons. The Kier molecular flexibility index (Phi) is 3.82. The van der Waals surface area contributed by atoms with Crippen LogP contribution in [0.3, 0.4) is 0 Å². The van der Waals surface area contributed by atoms with Crippen LogP contribution in [-0.2, 0) is 0 Å². The van der Waals surface area contributed by atoms with Gasteiger partial charge in [0.05, 0.1) is 5.02 Å². The zero-order valence-electron chi connectivity index (χ0n) is 9.47. The van der Waals surface area contributed by atoms with E-state index in [-0.39, 0.29) is 10.8 Å². The normalized spacial score (nSPS) is 25.7. The van der Waals surface area contributed by atoms with Crippen LogP contribution in [0.15, 0.2) is 18.2 Å². The molecule has 1 aromatic rings. The molecule has 0 aromatic heterocycles. The Balaban J connectivity index is 2.05. The van der Waals surface area contributed by atoms with Gasteiger partial charge in [0.2, 0.25) is 0 Å². The molecule has 0 bridgehead atoms. The average Bonchev–Trinajstić information content (AvgIpc) is 2.33. The summed E-state index contributed by atoms with van der Waals surface area (Å²) in [5, 5.41) is 3.55. The van der Waals surface area contributed by atoms with Crippen LogP contribution in [0.25, 0.3) is 0 Å². The fraction of sp³-hybridized carbons (Fsp3) is 0.538. The first-order valence-corrected chi connectivity index (χ1v) is 6.20. The Bertz CT molecular complexity index is 359. The number of nitrogens with one attached hydrogen (secondary N) is 1. The minimum Gasteiger partial charge on any atom is -0.317 e. The van der Waals surface area contributed by atoms with E-state index in [4.69, 9.17) is 11.6 Å². The van der Waals surface area contributed by atoms with Crippen LogP contribution in [0.1, 0.15) is 37.2 Å². The first kappa shape index (κ1) is 11.9. The third kappa shape index (κ3) is 2.55. The van der Waals surface area contributed by atoms with E-state index in [0.29, 0.717) is 12.0 Å². The smallest absolute Gasteiger partial charge is 0.141 e. The standard InChI is InChI=1S/C13H17ClFN/c1-16-11-5-2-9(3-6-11)10-4-7-13(15)12(14)8-10/h4,7-9,11,16H,2-3,5-6H2,1H3. The third-order valence-electron chi connectivity index (χ3n) is 3.55. The number of rotatable bonds is 2. The van der Waals surface area contributed by atoms with Crippen molar-refractivity contribution in [2.24, 2.45) is 0 Å². The van der Waals surface area contributed by atoms with Gasteiger partial charge >= 0.3 is 0 Å². The molecule has 88 valence electrons. The van der Waals surface area contributed by atoms with Crippen LogP contribution in [-0.4, -0.2) is 13.1 Å². The third-order valence-corrected chi connectivity index (χ3v) is 3.84. The second-order valence-corrected chi connectivity index (χ2v) is 4.92. The van der Waals surface area contributed by atoms with E-state index in [0.717, 1.165) is 12.8 Å². The molecule has 1 nitrogen and oxygen atoms in total. The van der Waals surface area contributed by atoms with E-state index in [1.54, 1.807) is 6.07 Å². The first-order chi connectivity index (χ1) is 7.70. The van der Waals surface area contributed by atoms with Crippen molar-refractivity contribution in [3.8, 4) is 0 Å². The molecule has 0 aliphatic heterocycles. The van der Waals surface area contributed by atoms with E-state index in [9.17, 15) is 4.39 Å². The van der Waals surface area contributed by atoms with Gasteiger partial charge in [-0.15, -0.1) is 0 Å². The van der Waals surface area contributed by atoms with Gasteiger partial charge in [0.1, 0.15) is 5.82 Å². The molecule has 0 unspecified atom stereocenters. The van der Waals surface area contributed by atoms with E-state index in [1.165, 1.54) is 24.5 Å². The molecule has 1 saturated carbocycles. The first-order valence-electron chi connectivity index (χ1n) is 5.83. The lowest BCUT2D eigenvalue weighted by Gasteiger charge is -2.28. The highest BCUT2D eigenvalue weighted by atomic mass is 35.5. The molecule has 1 fully saturated rings. The summed E-state index contributed by atoms with van der Waals surface area (Å²) in [6, 6.07) is 5.77. The molecule has 1 aromatic carbocycles.